The molecule has 0 aliphatic carbocycles. The van der Waals surface area contributed by atoms with Crippen molar-refractivity contribution in [1.29, 1.82) is 0 Å². The van der Waals surface area contributed by atoms with Crippen LogP contribution in [0, 0.1) is 5.82 Å². The molecule has 228 valence electrons. The van der Waals surface area contributed by atoms with Crippen molar-refractivity contribution in [1.82, 2.24) is 4.57 Å². The molecule has 0 spiro atoms. The summed E-state index contributed by atoms with van der Waals surface area (Å²) >= 11 is 14.2. The fourth-order valence-corrected chi connectivity index (χ4v) is 6.53. The second-order valence-electron chi connectivity index (χ2n) is 10.2. The van der Waals surface area contributed by atoms with E-state index < -0.39 is 17.8 Å². The molecule has 0 fully saturated rings. The fourth-order valence-electron chi connectivity index (χ4n) is 4.87. The molecule has 1 aliphatic heterocycles. The van der Waals surface area contributed by atoms with Crippen LogP contribution in [0.5, 0.6) is 11.5 Å². The van der Waals surface area contributed by atoms with E-state index in [1.54, 1.807) is 50.3 Å². The first-order valence-corrected chi connectivity index (χ1v) is 15.5. The summed E-state index contributed by atoms with van der Waals surface area (Å²) in [6.45, 7) is 7.36. The number of thiazole rings is 1. The lowest BCUT2D eigenvalue weighted by Gasteiger charge is -2.26. The molecule has 0 bridgehead atoms. The van der Waals surface area contributed by atoms with Crippen LogP contribution in [0.1, 0.15) is 50.4 Å². The van der Waals surface area contributed by atoms with E-state index in [1.165, 1.54) is 22.0 Å². The Bertz CT molecular complexity index is 1930. The van der Waals surface area contributed by atoms with Crippen molar-refractivity contribution < 1.29 is 23.4 Å². The minimum Gasteiger partial charge on any atom is -0.491 e. The minimum atomic E-state index is -0.830. The topological polar surface area (TPSA) is 79.1 Å². The molecule has 0 unspecified atom stereocenters. The standard InChI is InChI=1S/C33H29Cl2FN2O5S/c1-5-41-32(40)28-19(4)37-33-38(29(28)22-11-7-9-13-26(22)43-18(2)3)31(39)27(44-33)16-20-14-23(34)30(24(35)15-20)42-17-21-10-6-8-12-25(21)36/h6-16,18,29H,5,17H2,1-4H3/b27-16+/t29-/m1/s1. The van der Waals surface area contributed by atoms with E-state index in [-0.39, 0.29) is 46.2 Å². The van der Waals surface area contributed by atoms with E-state index in [2.05, 4.69) is 4.99 Å². The van der Waals surface area contributed by atoms with Crippen molar-refractivity contribution >= 4 is 46.6 Å². The maximum Gasteiger partial charge on any atom is 0.338 e. The Morgan fingerprint density at radius 1 is 1.11 bits per heavy atom. The fraction of sp³-hybridized carbons (Fsp3) is 0.242. The van der Waals surface area contributed by atoms with Gasteiger partial charge in [0.05, 0.1) is 38.6 Å². The predicted molar refractivity (Wildman–Crippen MR) is 170 cm³/mol. The number of halogens is 3. The van der Waals surface area contributed by atoms with Gasteiger partial charge in [-0.05, 0) is 63.6 Å². The quantitative estimate of drug-likeness (QED) is 0.190. The Morgan fingerprint density at radius 3 is 2.48 bits per heavy atom. The molecule has 0 saturated heterocycles. The molecule has 44 heavy (non-hydrogen) atoms. The lowest BCUT2D eigenvalue weighted by Crippen LogP contribution is -2.40. The van der Waals surface area contributed by atoms with Gasteiger partial charge in [0.2, 0.25) is 0 Å². The normalized spacial score (nSPS) is 14.8. The lowest BCUT2D eigenvalue weighted by atomic mass is 9.95. The maximum atomic E-state index is 14.1. The number of nitrogens with zero attached hydrogens (tertiary/aromatic N) is 2. The van der Waals surface area contributed by atoms with Crippen LogP contribution >= 0.6 is 34.5 Å². The molecule has 4 aromatic rings. The summed E-state index contributed by atoms with van der Waals surface area (Å²) in [6.07, 6.45) is 1.51. The Hall–Kier alpha value is -3.92. The van der Waals surface area contributed by atoms with Crippen LogP contribution in [0.3, 0.4) is 0 Å². The molecule has 0 saturated carbocycles. The number of esters is 1. The summed E-state index contributed by atoms with van der Waals surface area (Å²) in [5.74, 6) is -0.212. The van der Waals surface area contributed by atoms with Crippen LogP contribution in [-0.2, 0) is 16.1 Å². The number of allylic oxidation sites excluding steroid dienone is 1. The average Bonchev–Trinajstić information content (AvgIpc) is 3.26. The van der Waals surface area contributed by atoms with Gasteiger partial charge in [0.15, 0.2) is 10.6 Å². The summed E-state index contributed by atoms with van der Waals surface area (Å²) in [6, 6.07) is 16.0. The van der Waals surface area contributed by atoms with E-state index in [4.69, 9.17) is 37.4 Å². The second-order valence-corrected chi connectivity index (χ2v) is 12.0. The molecule has 0 radical (unpaired) electrons. The van der Waals surface area contributed by atoms with Crippen molar-refractivity contribution in [3.63, 3.8) is 0 Å². The molecule has 5 rings (SSSR count). The van der Waals surface area contributed by atoms with E-state index in [1.807, 2.05) is 38.1 Å². The number of para-hydroxylation sites is 1. The number of hydrogen-bond donors (Lipinski definition) is 0. The zero-order chi connectivity index (χ0) is 31.5. The van der Waals surface area contributed by atoms with Gasteiger partial charge in [-0.3, -0.25) is 9.36 Å². The highest BCUT2D eigenvalue weighted by atomic mass is 35.5. The maximum absolute atomic E-state index is 14.1. The van der Waals surface area contributed by atoms with Gasteiger partial charge in [-0.2, -0.15) is 0 Å². The molecule has 3 aromatic carbocycles. The van der Waals surface area contributed by atoms with Gasteiger partial charge < -0.3 is 14.2 Å². The zero-order valence-corrected chi connectivity index (χ0v) is 26.7. The van der Waals surface area contributed by atoms with Crippen LogP contribution in [0.2, 0.25) is 10.0 Å². The third-order valence-electron chi connectivity index (χ3n) is 6.74. The summed E-state index contributed by atoms with van der Waals surface area (Å²) in [7, 11) is 0. The van der Waals surface area contributed by atoms with Gasteiger partial charge in [-0.1, -0.05) is 70.9 Å². The number of aromatic nitrogens is 1. The first-order chi connectivity index (χ1) is 21.1. The number of carbonyl (C=O) groups is 1. The van der Waals surface area contributed by atoms with E-state index in [9.17, 15) is 14.0 Å². The Kier molecular flexibility index (Phi) is 9.58. The number of hydrogen-bond acceptors (Lipinski definition) is 7. The van der Waals surface area contributed by atoms with Crippen LogP contribution in [-0.4, -0.2) is 23.2 Å². The highest BCUT2D eigenvalue weighted by molar-refractivity contribution is 7.07. The number of benzene rings is 3. The molecule has 1 atom stereocenters. The number of rotatable bonds is 9. The van der Waals surface area contributed by atoms with Crippen molar-refractivity contribution in [3.8, 4) is 11.5 Å². The van der Waals surface area contributed by atoms with Crippen molar-refractivity contribution in [2.24, 2.45) is 4.99 Å². The summed E-state index contributed by atoms with van der Waals surface area (Å²) in [5.41, 5.74) is 1.88. The summed E-state index contributed by atoms with van der Waals surface area (Å²) in [4.78, 5) is 32.3. The van der Waals surface area contributed by atoms with Gasteiger partial charge in [-0.25, -0.2) is 14.2 Å². The van der Waals surface area contributed by atoms with Crippen molar-refractivity contribution in [2.45, 2.75) is 46.4 Å². The Balaban J connectivity index is 1.59. The van der Waals surface area contributed by atoms with Crippen molar-refractivity contribution in [2.75, 3.05) is 6.61 Å². The molecule has 1 aliphatic rings. The molecular weight excluding hydrogens is 626 g/mol. The summed E-state index contributed by atoms with van der Waals surface area (Å²) in [5, 5.41) is 0.400. The van der Waals surface area contributed by atoms with E-state index in [0.717, 1.165) is 0 Å². The third-order valence-corrected chi connectivity index (χ3v) is 8.29. The first-order valence-electron chi connectivity index (χ1n) is 13.9. The predicted octanol–water partition coefficient (Wildman–Crippen LogP) is 6.61. The highest BCUT2D eigenvalue weighted by Crippen LogP contribution is 2.37. The average molecular weight is 656 g/mol. The van der Waals surface area contributed by atoms with Crippen LogP contribution in [0.4, 0.5) is 4.39 Å². The zero-order valence-electron chi connectivity index (χ0n) is 24.4. The van der Waals surface area contributed by atoms with Crippen LogP contribution in [0.15, 0.2) is 81.7 Å². The molecule has 0 N–H and O–H groups in total. The van der Waals surface area contributed by atoms with Gasteiger partial charge in [-0.15, -0.1) is 0 Å². The number of ether oxygens (including phenoxy) is 3. The van der Waals surface area contributed by atoms with Crippen LogP contribution < -0.4 is 24.4 Å². The second kappa shape index (κ2) is 13.4. The van der Waals surface area contributed by atoms with E-state index in [0.29, 0.717) is 37.5 Å². The summed E-state index contributed by atoms with van der Waals surface area (Å²) < 4.78 is 33.1. The molecule has 11 heteroatoms. The molecule has 2 heterocycles. The van der Waals surface area contributed by atoms with Crippen LogP contribution in [0.25, 0.3) is 6.08 Å². The van der Waals surface area contributed by atoms with Gasteiger partial charge >= 0.3 is 5.97 Å². The number of carbonyl (C=O) groups excluding carboxylic acids is 1. The molecule has 1 aromatic heterocycles. The Morgan fingerprint density at radius 2 is 1.80 bits per heavy atom. The molecule has 0 amide bonds. The van der Waals surface area contributed by atoms with E-state index >= 15 is 0 Å². The largest absolute Gasteiger partial charge is 0.491 e. The first kappa shape index (κ1) is 31.5. The highest BCUT2D eigenvalue weighted by Gasteiger charge is 2.35. The van der Waals surface area contributed by atoms with Gasteiger partial charge in [0, 0.05) is 11.1 Å². The third kappa shape index (κ3) is 6.45. The number of fused-ring (bicyclic) bond motifs is 1. The SMILES string of the molecule is CCOC(=O)C1=C(C)N=c2s/c(=C/c3cc(Cl)c(OCc4ccccc4F)c(Cl)c3)c(=O)n2[C@@H]1c1ccccc1OC(C)C. The van der Waals surface area contributed by atoms with Crippen molar-refractivity contribution in [3.05, 3.63) is 124 Å². The lowest BCUT2D eigenvalue weighted by molar-refractivity contribution is -0.139. The van der Waals surface area contributed by atoms with Gasteiger partial charge in [0.1, 0.15) is 24.2 Å². The van der Waals surface area contributed by atoms with Gasteiger partial charge in [0.25, 0.3) is 5.56 Å². The smallest absolute Gasteiger partial charge is 0.338 e. The Labute approximate surface area is 267 Å². The molecular formula is C33H29Cl2FN2O5S. The monoisotopic (exact) mass is 654 g/mol. The molecule has 7 nitrogen and oxygen atoms in total. The minimum absolute atomic E-state index is 0.0613.